The number of hydrogen-bond donors (Lipinski definition) is 2. The standard InChI is InChI=1S/C12H23N3O2/c1-10(9-15-2-4-17-5-3-15)6-14-12(16)11-7-13-8-11/h10-11,13H,2-9H2,1H3,(H,14,16). The lowest BCUT2D eigenvalue weighted by Gasteiger charge is -2.30. The molecule has 0 bridgehead atoms. The first-order chi connectivity index (χ1) is 8.25. The average molecular weight is 241 g/mol. The van der Waals surface area contributed by atoms with Gasteiger partial charge in [-0.05, 0) is 5.92 Å². The molecule has 0 aromatic rings. The van der Waals surface area contributed by atoms with Crippen molar-refractivity contribution in [3.63, 3.8) is 0 Å². The highest BCUT2D eigenvalue weighted by atomic mass is 16.5. The van der Waals surface area contributed by atoms with Gasteiger partial charge < -0.3 is 15.4 Å². The first kappa shape index (κ1) is 12.8. The fourth-order valence-corrected chi connectivity index (χ4v) is 2.18. The molecule has 0 spiro atoms. The van der Waals surface area contributed by atoms with Crippen molar-refractivity contribution >= 4 is 5.91 Å². The van der Waals surface area contributed by atoms with Gasteiger partial charge in [0.2, 0.25) is 5.91 Å². The topological polar surface area (TPSA) is 53.6 Å². The molecule has 0 aliphatic carbocycles. The Morgan fingerprint density at radius 1 is 1.47 bits per heavy atom. The highest BCUT2D eigenvalue weighted by Crippen LogP contribution is 2.05. The number of ether oxygens (including phenoxy) is 1. The van der Waals surface area contributed by atoms with Gasteiger partial charge in [0.15, 0.2) is 0 Å². The van der Waals surface area contributed by atoms with Gasteiger partial charge in [-0.1, -0.05) is 6.92 Å². The molecule has 2 heterocycles. The quantitative estimate of drug-likeness (QED) is 0.668. The van der Waals surface area contributed by atoms with Crippen molar-refractivity contribution in [2.24, 2.45) is 11.8 Å². The molecular weight excluding hydrogens is 218 g/mol. The first-order valence-corrected chi connectivity index (χ1v) is 6.54. The van der Waals surface area contributed by atoms with Crippen LogP contribution in [0.5, 0.6) is 0 Å². The van der Waals surface area contributed by atoms with Crippen molar-refractivity contribution in [1.29, 1.82) is 0 Å². The van der Waals surface area contributed by atoms with E-state index in [4.69, 9.17) is 4.74 Å². The Morgan fingerprint density at radius 3 is 2.76 bits per heavy atom. The Labute approximate surface area is 103 Å². The van der Waals surface area contributed by atoms with Crippen LogP contribution < -0.4 is 10.6 Å². The molecule has 98 valence electrons. The van der Waals surface area contributed by atoms with Crippen LogP contribution in [0.1, 0.15) is 6.92 Å². The van der Waals surface area contributed by atoms with E-state index in [1.54, 1.807) is 0 Å². The van der Waals surface area contributed by atoms with E-state index in [0.29, 0.717) is 5.92 Å². The van der Waals surface area contributed by atoms with E-state index in [0.717, 1.165) is 52.5 Å². The summed E-state index contributed by atoms with van der Waals surface area (Å²) < 4.78 is 5.31. The second kappa shape index (κ2) is 6.33. The van der Waals surface area contributed by atoms with Crippen molar-refractivity contribution < 1.29 is 9.53 Å². The summed E-state index contributed by atoms with van der Waals surface area (Å²) in [5, 5.41) is 6.15. The molecule has 1 atom stereocenters. The molecule has 1 unspecified atom stereocenters. The molecule has 2 aliphatic rings. The molecule has 1 amide bonds. The van der Waals surface area contributed by atoms with Gasteiger partial charge in [-0.15, -0.1) is 0 Å². The van der Waals surface area contributed by atoms with E-state index >= 15 is 0 Å². The summed E-state index contributed by atoms with van der Waals surface area (Å²) in [5.41, 5.74) is 0. The van der Waals surface area contributed by atoms with Gasteiger partial charge in [-0.25, -0.2) is 0 Å². The van der Waals surface area contributed by atoms with E-state index in [-0.39, 0.29) is 11.8 Å². The first-order valence-electron chi connectivity index (χ1n) is 6.54. The summed E-state index contributed by atoms with van der Waals surface area (Å²) in [5.74, 6) is 0.910. The van der Waals surface area contributed by atoms with Gasteiger partial charge in [-0.3, -0.25) is 9.69 Å². The number of carbonyl (C=O) groups excluding carboxylic acids is 1. The number of rotatable bonds is 5. The Kier molecular flexibility index (Phi) is 4.76. The lowest BCUT2D eigenvalue weighted by molar-refractivity contribution is -0.126. The zero-order valence-corrected chi connectivity index (χ0v) is 10.6. The van der Waals surface area contributed by atoms with Crippen LogP contribution in [0.25, 0.3) is 0 Å². The van der Waals surface area contributed by atoms with Crippen molar-refractivity contribution in [3.8, 4) is 0 Å². The monoisotopic (exact) mass is 241 g/mol. The van der Waals surface area contributed by atoms with Gasteiger partial charge in [0.05, 0.1) is 19.1 Å². The number of nitrogens with one attached hydrogen (secondary N) is 2. The van der Waals surface area contributed by atoms with E-state index in [9.17, 15) is 4.79 Å². The summed E-state index contributed by atoms with van der Waals surface area (Å²) >= 11 is 0. The molecular formula is C12H23N3O2. The van der Waals surface area contributed by atoms with Crippen LogP contribution >= 0.6 is 0 Å². The average Bonchev–Trinajstić information content (AvgIpc) is 2.25. The minimum atomic E-state index is 0.200. The lowest BCUT2D eigenvalue weighted by Crippen LogP contribution is -2.51. The lowest BCUT2D eigenvalue weighted by atomic mass is 10.0. The van der Waals surface area contributed by atoms with Crippen molar-refractivity contribution in [3.05, 3.63) is 0 Å². The second-order valence-corrected chi connectivity index (χ2v) is 5.12. The molecule has 2 rings (SSSR count). The number of carbonyl (C=O) groups is 1. The summed E-state index contributed by atoms with van der Waals surface area (Å²) in [6, 6.07) is 0. The van der Waals surface area contributed by atoms with E-state index < -0.39 is 0 Å². The van der Waals surface area contributed by atoms with Gasteiger partial charge in [0.1, 0.15) is 0 Å². The van der Waals surface area contributed by atoms with E-state index in [1.165, 1.54) is 0 Å². The van der Waals surface area contributed by atoms with Crippen LogP contribution in [-0.2, 0) is 9.53 Å². The normalized spacial score (nSPS) is 24.1. The molecule has 0 saturated carbocycles. The fourth-order valence-electron chi connectivity index (χ4n) is 2.18. The largest absolute Gasteiger partial charge is 0.379 e. The van der Waals surface area contributed by atoms with Crippen LogP contribution in [0.2, 0.25) is 0 Å². The third-order valence-electron chi connectivity index (χ3n) is 3.45. The molecule has 2 N–H and O–H groups in total. The maximum Gasteiger partial charge on any atom is 0.225 e. The minimum absolute atomic E-state index is 0.200. The highest BCUT2D eigenvalue weighted by molar-refractivity contribution is 5.79. The van der Waals surface area contributed by atoms with Crippen molar-refractivity contribution in [2.75, 3.05) is 52.5 Å². The predicted molar refractivity (Wildman–Crippen MR) is 65.8 cm³/mol. The Balaban J connectivity index is 1.59. The molecule has 2 fully saturated rings. The summed E-state index contributed by atoms with van der Waals surface area (Å²) in [7, 11) is 0. The van der Waals surface area contributed by atoms with Gasteiger partial charge in [-0.2, -0.15) is 0 Å². The van der Waals surface area contributed by atoms with Crippen molar-refractivity contribution in [1.82, 2.24) is 15.5 Å². The van der Waals surface area contributed by atoms with E-state index in [1.807, 2.05) is 0 Å². The Bertz CT molecular complexity index is 250. The van der Waals surface area contributed by atoms with Crippen LogP contribution in [0.3, 0.4) is 0 Å². The second-order valence-electron chi connectivity index (χ2n) is 5.12. The maximum atomic E-state index is 11.6. The number of hydrogen-bond acceptors (Lipinski definition) is 4. The summed E-state index contributed by atoms with van der Waals surface area (Å²) in [6.07, 6.45) is 0. The third-order valence-corrected chi connectivity index (χ3v) is 3.45. The van der Waals surface area contributed by atoms with Gasteiger partial charge >= 0.3 is 0 Å². The molecule has 0 radical (unpaired) electrons. The predicted octanol–water partition coefficient (Wildman–Crippen LogP) is -0.710. The minimum Gasteiger partial charge on any atom is -0.379 e. The van der Waals surface area contributed by atoms with Crippen LogP contribution in [0, 0.1) is 11.8 Å². The number of amides is 1. The SMILES string of the molecule is CC(CNC(=O)C1CNC1)CN1CCOCC1. The molecule has 0 aromatic carbocycles. The fraction of sp³-hybridized carbons (Fsp3) is 0.917. The highest BCUT2D eigenvalue weighted by Gasteiger charge is 2.24. The van der Waals surface area contributed by atoms with Crippen LogP contribution in [0.15, 0.2) is 0 Å². The number of morpholine rings is 1. The molecule has 0 aromatic heterocycles. The molecule has 5 heteroatoms. The van der Waals surface area contributed by atoms with Gasteiger partial charge in [0.25, 0.3) is 0 Å². The Morgan fingerprint density at radius 2 is 2.18 bits per heavy atom. The smallest absolute Gasteiger partial charge is 0.225 e. The van der Waals surface area contributed by atoms with Crippen LogP contribution in [0.4, 0.5) is 0 Å². The third kappa shape index (κ3) is 3.94. The van der Waals surface area contributed by atoms with E-state index in [2.05, 4.69) is 22.5 Å². The molecule has 2 aliphatic heterocycles. The zero-order valence-electron chi connectivity index (χ0n) is 10.6. The maximum absolute atomic E-state index is 11.6. The van der Waals surface area contributed by atoms with Crippen molar-refractivity contribution in [2.45, 2.75) is 6.92 Å². The number of nitrogens with zero attached hydrogens (tertiary/aromatic N) is 1. The van der Waals surface area contributed by atoms with Gasteiger partial charge in [0, 0.05) is 39.3 Å². The molecule has 17 heavy (non-hydrogen) atoms. The molecule has 5 nitrogen and oxygen atoms in total. The summed E-state index contributed by atoms with van der Waals surface area (Å²) in [4.78, 5) is 14.0. The summed E-state index contributed by atoms with van der Waals surface area (Å²) in [6.45, 7) is 9.41. The molecule has 2 saturated heterocycles. The zero-order chi connectivity index (χ0) is 12.1. The van der Waals surface area contributed by atoms with Crippen LogP contribution in [-0.4, -0.2) is 63.3 Å². The Hall–Kier alpha value is -0.650.